The largest absolute Gasteiger partial charge is 0.419 e. The monoisotopic (exact) mass is 263 g/mol. The molecule has 0 spiro atoms. The minimum atomic E-state index is -4.63. The summed E-state index contributed by atoms with van der Waals surface area (Å²) in [5.41, 5.74) is 3.21. The summed E-state index contributed by atoms with van der Waals surface area (Å²) in [5.74, 6) is -2.19. The number of aromatic nitrogens is 2. The van der Waals surface area contributed by atoms with E-state index in [4.69, 9.17) is 5.73 Å². The predicted octanol–water partition coefficient (Wildman–Crippen LogP) is 2.75. The van der Waals surface area contributed by atoms with Gasteiger partial charge in [-0.15, -0.1) is 0 Å². The Kier molecular flexibility index (Phi) is 2.72. The van der Waals surface area contributed by atoms with Gasteiger partial charge in [-0.25, -0.2) is 13.5 Å². The fourth-order valence-electron chi connectivity index (χ4n) is 1.40. The molecule has 0 atom stereocenters. The summed E-state index contributed by atoms with van der Waals surface area (Å²) in [5, 5.41) is 3.28. The molecular formula is C10H6F5N3. The second kappa shape index (κ2) is 3.97. The van der Waals surface area contributed by atoms with Gasteiger partial charge in [-0.1, -0.05) is 0 Å². The van der Waals surface area contributed by atoms with E-state index in [2.05, 4.69) is 5.10 Å². The van der Waals surface area contributed by atoms with Gasteiger partial charge in [-0.2, -0.15) is 18.3 Å². The van der Waals surface area contributed by atoms with Crippen LogP contribution in [0.4, 0.5) is 27.6 Å². The van der Waals surface area contributed by atoms with Crippen LogP contribution in [-0.4, -0.2) is 9.78 Å². The van der Waals surface area contributed by atoms with E-state index in [9.17, 15) is 22.0 Å². The molecular weight excluding hydrogens is 257 g/mol. The van der Waals surface area contributed by atoms with E-state index in [0.717, 1.165) is 12.1 Å². The van der Waals surface area contributed by atoms with Crippen molar-refractivity contribution in [2.24, 2.45) is 0 Å². The first-order chi connectivity index (χ1) is 8.29. The molecule has 0 saturated carbocycles. The van der Waals surface area contributed by atoms with Gasteiger partial charge in [0.1, 0.15) is 5.69 Å². The molecule has 8 heteroatoms. The van der Waals surface area contributed by atoms with Crippen LogP contribution in [0.2, 0.25) is 0 Å². The Morgan fingerprint density at radius 1 is 1.11 bits per heavy atom. The summed E-state index contributed by atoms with van der Waals surface area (Å²) in [4.78, 5) is 0. The molecule has 0 radical (unpaired) electrons. The maximum atomic E-state index is 13.4. The van der Waals surface area contributed by atoms with Crippen LogP contribution in [0.15, 0.2) is 24.5 Å². The zero-order chi connectivity index (χ0) is 13.5. The van der Waals surface area contributed by atoms with Crippen LogP contribution in [0, 0.1) is 11.6 Å². The second-order valence-electron chi connectivity index (χ2n) is 3.50. The topological polar surface area (TPSA) is 43.8 Å². The van der Waals surface area contributed by atoms with Crippen LogP contribution in [0.25, 0.3) is 5.69 Å². The molecule has 18 heavy (non-hydrogen) atoms. The molecule has 1 aromatic carbocycles. The number of anilines is 1. The van der Waals surface area contributed by atoms with Gasteiger partial charge in [0.2, 0.25) is 0 Å². The van der Waals surface area contributed by atoms with Crippen LogP contribution in [-0.2, 0) is 6.18 Å². The van der Waals surface area contributed by atoms with E-state index in [0.29, 0.717) is 17.1 Å². The minimum absolute atomic E-state index is 0.169. The molecule has 0 aliphatic carbocycles. The summed E-state index contributed by atoms with van der Waals surface area (Å²) < 4.78 is 64.3. The third kappa shape index (κ3) is 2.13. The lowest BCUT2D eigenvalue weighted by Gasteiger charge is -2.06. The smallest absolute Gasteiger partial charge is 0.399 e. The molecule has 2 aromatic rings. The molecule has 0 bridgehead atoms. The maximum absolute atomic E-state index is 13.4. The molecule has 3 nitrogen and oxygen atoms in total. The number of hydrogen-bond donors (Lipinski definition) is 1. The van der Waals surface area contributed by atoms with Crippen molar-refractivity contribution in [2.75, 3.05) is 5.73 Å². The van der Waals surface area contributed by atoms with E-state index < -0.39 is 29.1 Å². The van der Waals surface area contributed by atoms with Gasteiger partial charge in [0, 0.05) is 11.9 Å². The molecule has 96 valence electrons. The Morgan fingerprint density at radius 3 is 2.11 bits per heavy atom. The minimum Gasteiger partial charge on any atom is -0.399 e. The van der Waals surface area contributed by atoms with Crippen LogP contribution >= 0.6 is 0 Å². The van der Waals surface area contributed by atoms with Crippen molar-refractivity contribution in [2.45, 2.75) is 6.18 Å². The highest BCUT2D eigenvalue weighted by Gasteiger charge is 2.32. The number of hydrogen-bond acceptors (Lipinski definition) is 2. The summed E-state index contributed by atoms with van der Waals surface area (Å²) in [6.07, 6.45) is -3.65. The molecule has 0 aliphatic heterocycles. The summed E-state index contributed by atoms with van der Waals surface area (Å²) in [7, 11) is 0. The third-order valence-electron chi connectivity index (χ3n) is 2.18. The van der Waals surface area contributed by atoms with Crippen molar-refractivity contribution in [1.82, 2.24) is 9.78 Å². The Bertz CT molecular complexity index is 564. The average Bonchev–Trinajstić information content (AvgIpc) is 2.64. The second-order valence-corrected chi connectivity index (χ2v) is 3.50. The van der Waals surface area contributed by atoms with Crippen molar-refractivity contribution in [1.29, 1.82) is 0 Å². The van der Waals surface area contributed by atoms with Gasteiger partial charge in [0.25, 0.3) is 0 Å². The molecule has 0 saturated heterocycles. The SMILES string of the molecule is Nc1cc(F)c(-n2cc(C(F)(F)F)cn2)c(F)c1. The van der Waals surface area contributed by atoms with Gasteiger partial charge in [-0.3, -0.25) is 0 Å². The first-order valence-electron chi connectivity index (χ1n) is 4.66. The van der Waals surface area contributed by atoms with E-state index >= 15 is 0 Å². The highest BCUT2D eigenvalue weighted by Crippen LogP contribution is 2.30. The molecule has 2 rings (SSSR count). The van der Waals surface area contributed by atoms with E-state index in [1.54, 1.807) is 0 Å². The van der Waals surface area contributed by atoms with Gasteiger partial charge in [-0.05, 0) is 12.1 Å². The Morgan fingerprint density at radius 2 is 1.67 bits per heavy atom. The highest BCUT2D eigenvalue weighted by molar-refractivity contribution is 5.47. The Hall–Kier alpha value is -2.12. The zero-order valence-corrected chi connectivity index (χ0v) is 8.67. The van der Waals surface area contributed by atoms with Crippen molar-refractivity contribution in [3.8, 4) is 5.69 Å². The van der Waals surface area contributed by atoms with Crippen LogP contribution in [0.1, 0.15) is 5.56 Å². The third-order valence-corrected chi connectivity index (χ3v) is 2.18. The normalized spacial score (nSPS) is 11.8. The number of benzene rings is 1. The van der Waals surface area contributed by atoms with Gasteiger partial charge in [0.15, 0.2) is 11.6 Å². The standard InChI is InChI=1S/C10H6F5N3/c11-7-1-6(16)2-8(12)9(7)18-4-5(3-17-18)10(13,14)15/h1-4H,16H2. The zero-order valence-electron chi connectivity index (χ0n) is 8.67. The number of nitrogens with two attached hydrogens (primary N) is 1. The first kappa shape index (κ1) is 12.3. The molecule has 0 unspecified atom stereocenters. The lowest BCUT2D eigenvalue weighted by molar-refractivity contribution is -0.137. The molecule has 2 N–H and O–H groups in total. The molecule has 0 amide bonds. The summed E-state index contributed by atoms with van der Waals surface area (Å²) >= 11 is 0. The Labute approximate surface area is 97.6 Å². The van der Waals surface area contributed by atoms with Crippen molar-refractivity contribution >= 4 is 5.69 Å². The number of rotatable bonds is 1. The molecule has 1 heterocycles. The molecule has 0 fully saturated rings. The van der Waals surface area contributed by atoms with Crippen LogP contribution < -0.4 is 5.73 Å². The van der Waals surface area contributed by atoms with Crippen LogP contribution in [0.3, 0.4) is 0 Å². The van der Waals surface area contributed by atoms with Crippen molar-refractivity contribution < 1.29 is 22.0 Å². The Balaban J connectivity index is 2.53. The van der Waals surface area contributed by atoms with Crippen molar-refractivity contribution in [3.05, 3.63) is 41.7 Å². The van der Waals surface area contributed by atoms with E-state index in [1.165, 1.54) is 0 Å². The van der Waals surface area contributed by atoms with Gasteiger partial charge < -0.3 is 5.73 Å². The summed E-state index contributed by atoms with van der Waals surface area (Å²) in [6.45, 7) is 0. The fourth-order valence-corrected chi connectivity index (χ4v) is 1.40. The highest BCUT2D eigenvalue weighted by atomic mass is 19.4. The number of nitrogen functional groups attached to an aromatic ring is 1. The molecule has 0 aliphatic rings. The van der Waals surface area contributed by atoms with E-state index in [-0.39, 0.29) is 5.69 Å². The molecule has 1 aromatic heterocycles. The van der Waals surface area contributed by atoms with Crippen LogP contribution in [0.5, 0.6) is 0 Å². The van der Waals surface area contributed by atoms with Gasteiger partial charge >= 0.3 is 6.18 Å². The average molecular weight is 263 g/mol. The lowest BCUT2D eigenvalue weighted by Crippen LogP contribution is -2.05. The fraction of sp³-hybridized carbons (Fsp3) is 0.100. The lowest BCUT2D eigenvalue weighted by atomic mass is 10.2. The number of nitrogens with zero attached hydrogens (tertiary/aromatic N) is 2. The van der Waals surface area contributed by atoms with Crippen molar-refractivity contribution in [3.63, 3.8) is 0 Å². The quantitative estimate of drug-likeness (QED) is 0.635. The van der Waals surface area contributed by atoms with Gasteiger partial charge in [0.05, 0.1) is 11.8 Å². The predicted molar refractivity (Wildman–Crippen MR) is 52.9 cm³/mol. The maximum Gasteiger partial charge on any atom is 0.419 e. The number of alkyl halides is 3. The summed E-state index contributed by atoms with van der Waals surface area (Å²) in [6, 6.07) is 1.60. The first-order valence-corrected chi connectivity index (χ1v) is 4.66. The van der Waals surface area contributed by atoms with E-state index in [1.807, 2.05) is 0 Å². The number of halogens is 5.